The van der Waals surface area contributed by atoms with Gasteiger partial charge in [-0.2, -0.15) is 0 Å². The number of ether oxygens (including phenoxy) is 1. The highest BCUT2D eigenvalue weighted by Gasteiger charge is 2.60. The van der Waals surface area contributed by atoms with E-state index in [1.54, 1.807) is 0 Å². The number of hydrogen-bond acceptors (Lipinski definition) is 2. The molecule has 2 aliphatic heterocycles. The Labute approximate surface area is 157 Å². The molecule has 2 aliphatic carbocycles. The number of nitrogens with one attached hydrogen (secondary N) is 1. The van der Waals surface area contributed by atoms with Crippen molar-refractivity contribution in [2.45, 2.75) is 64.5 Å². The summed E-state index contributed by atoms with van der Waals surface area (Å²) in [5.74, 6) is 1.81. The number of nitrogens with zero attached hydrogens (tertiary/aromatic N) is 2. The largest absolute Gasteiger partial charge is 0.377 e. The van der Waals surface area contributed by atoms with E-state index in [2.05, 4.69) is 29.1 Å². The van der Waals surface area contributed by atoms with Crippen LogP contribution in [0.2, 0.25) is 0 Å². The molecule has 0 amide bonds. The SMILES string of the molecule is CN=C(NC1C2CCOC2C1(C)C)N1CCC2(CCCC2)C1.I. The molecular weight excluding hydrogens is 401 g/mol. The fourth-order valence-electron chi connectivity index (χ4n) is 5.70. The van der Waals surface area contributed by atoms with Gasteiger partial charge in [-0.25, -0.2) is 0 Å². The summed E-state index contributed by atoms with van der Waals surface area (Å²) < 4.78 is 5.92. The summed E-state index contributed by atoms with van der Waals surface area (Å²) in [6.07, 6.45) is 8.71. The standard InChI is InChI=1S/C18H31N3O.HI/c1-17(2)14(13-6-11-22-15(13)17)20-16(19-3)21-10-9-18(12-21)7-4-5-8-18;/h13-15H,4-12H2,1-3H3,(H,19,20);1H. The lowest BCUT2D eigenvalue weighted by atomic mass is 9.57. The zero-order chi connectivity index (χ0) is 15.4. The van der Waals surface area contributed by atoms with Crippen molar-refractivity contribution in [3.63, 3.8) is 0 Å². The van der Waals surface area contributed by atoms with Gasteiger partial charge in [-0.1, -0.05) is 26.7 Å². The van der Waals surface area contributed by atoms with E-state index in [1.807, 2.05) is 7.05 Å². The maximum atomic E-state index is 5.92. The van der Waals surface area contributed by atoms with Crippen LogP contribution in [0.15, 0.2) is 4.99 Å². The highest BCUT2D eigenvalue weighted by molar-refractivity contribution is 14.0. The summed E-state index contributed by atoms with van der Waals surface area (Å²) in [6.45, 7) is 8.00. The lowest BCUT2D eigenvalue weighted by Crippen LogP contribution is -2.68. The third kappa shape index (κ3) is 2.79. The lowest BCUT2D eigenvalue weighted by molar-refractivity contribution is -0.107. The van der Waals surface area contributed by atoms with Crippen LogP contribution < -0.4 is 5.32 Å². The number of aliphatic imine (C=N–C) groups is 1. The molecule has 3 atom stereocenters. The molecule has 0 bridgehead atoms. The summed E-state index contributed by atoms with van der Waals surface area (Å²) in [6, 6.07) is 0.513. The van der Waals surface area contributed by atoms with Gasteiger partial charge in [0.05, 0.1) is 6.10 Å². The number of likely N-dealkylation sites (tertiary alicyclic amines) is 1. The molecule has 3 unspecified atom stereocenters. The second kappa shape index (κ2) is 6.36. The second-order valence-electron chi connectivity index (χ2n) is 8.61. The first-order valence-electron chi connectivity index (χ1n) is 9.16. The molecule has 0 aromatic heterocycles. The van der Waals surface area contributed by atoms with Crippen LogP contribution in [0.5, 0.6) is 0 Å². The molecule has 4 fully saturated rings. The number of fused-ring (bicyclic) bond motifs is 1. The Morgan fingerprint density at radius 1 is 1.22 bits per heavy atom. The molecule has 1 N–H and O–H groups in total. The number of halogens is 1. The van der Waals surface area contributed by atoms with Gasteiger partial charge < -0.3 is 15.0 Å². The van der Waals surface area contributed by atoms with Gasteiger partial charge in [-0.15, -0.1) is 24.0 Å². The Bertz CT molecular complexity index is 473. The van der Waals surface area contributed by atoms with Crippen LogP contribution in [0.25, 0.3) is 0 Å². The zero-order valence-corrected chi connectivity index (χ0v) is 17.1. The molecule has 4 rings (SSSR count). The third-order valence-electron chi connectivity index (χ3n) is 7.00. The maximum Gasteiger partial charge on any atom is 0.193 e. The van der Waals surface area contributed by atoms with Gasteiger partial charge in [0, 0.05) is 44.1 Å². The van der Waals surface area contributed by atoms with Crippen molar-refractivity contribution in [3.05, 3.63) is 0 Å². The van der Waals surface area contributed by atoms with E-state index in [4.69, 9.17) is 4.74 Å². The summed E-state index contributed by atoms with van der Waals surface area (Å²) >= 11 is 0. The molecule has 4 nitrogen and oxygen atoms in total. The van der Waals surface area contributed by atoms with Crippen LogP contribution >= 0.6 is 24.0 Å². The number of rotatable bonds is 1. The molecule has 2 saturated heterocycles. The molecule has 1 spiro atoms. The van der Waals surface area contributed by atoms with Crippen molar-refractivity contribution in [1.82, 2.24) is 10.2 Å². The average Bonchev–Trinajstić information content (AvgIpc) is 3.22. The molecule has 5 heteroatoms. The van der Waals surface area contributed by atoms with Crippen LogP contribution in [0, 0.1) is 16.7 Å². The average molecular weight is 433 g/mol. The van der Waals surface area contributed by atoms with Crippen molar-refractivity contribution in [2.75, 3.05) is 26.7 Å². The first-order valence-corrected chi connectivity index (χ1v) is 9.16. The van der Waals surface area contributed by atoms with Crippen LogP contribution in [0.3, 0.4) is 0 Å². The van der Waals surface area contributed by atoms with E-state index < -0.39 is 0 Å². The highest BCUT2D eigenvalue weighted by Crippen LogP contribution is 2.52. The molecule has 2 saturated carbocycles. The molecular formula is C18H32IN3O. The molecule has 4 aliphatic rings. The van der Waals surface area contributed by atoms with Gasteiger partial charge in [0.2, 0.25) is 0 Å². The topological polar surface area (TPSA) is 36.9 Å². The molecule has 23 heavy (non-hydrogen) atoms. The normalized spacial score (nSPS) is 37.4. The fraction of sp³-hybridized carbons (Fsp3) is 0.944. The smallest absolute Gasteiger partial charge is 0.193 e. The maximum absolute atomic E-state index is 5.92. The van der Waals surface area contributed by atoms with Crippen LogP contribution in [-0.2, 0) is 4.74 Å². The molecule has 0 radical (unpaired) electrons. The zero-order valence-electron chi connectivity index (χ0n) is 14.8. The summed E-state index contributed by atoms with van der Waals surface area (Å²) in [7, 11) is 1.94. The van der Waals surface area contributed by atoms with E-state index in [-0.39, 0.29) is 29.4 Å². The fourth-order valence-corrected chi connectivity index (χ4v) is 5.70. The predicted octanol–water partition coefficient (Wildman–Crippen LogP) is 3.26. The summed E-state index contributed by atoms with van der Waals surface area (Å²) in [5, 5.41) is 3.81. The van der Waals surface area contributed by atoms with Crippen molar-refractivity contribution in [1.29, 1.82) is 0 Å². The van der Waals surface area contributed by atoms with Crippen LogP contribution in [0.4, 0.5) is 0 Å². The Morgan fingerprint density at radius 3 is 2.65 bits per heavy atom. The van der Waals surface area contributed by atoms with Crippen LogP contribution in [-0.4, -0.2) is 49.7 Å². The van der Waals surface area contributed by atoms with Gasteiger partial charge in [-0.05, 0) is 31.1 Å². The van der Waals surface area contributed by atoms with Crippen LogP contribution in [0.1, 0.15) is 52.4 Å². The predicted molar refractivity (Wildman–Crippen MR) is 104 cm³/mol. The van der Waals surface area contributed by atoms with Gasteiger partial charge in [0.1, 0.15) is 0 Å². The van der Waals surface area contributed by atoms with Crippen molar-refractivity contribution >= 4 is 29.9 Å². The molecule has 0 aromatic rings. The van der Waals surface area contributed by atoms with Crippen molar-refractivity contribution in [2.24, 2.45) is 21.7 Å². The first kappa shape index (κ1) is 17.8. The minimum atomic E-state index is 0. The van der Waals surface area contributed by atoms with Crippen molar-refractivity contribution < 1.29 is 4.74 Å². The summed E-state index contributed by atoms with van der Waals surface area (Å²) in [5.41, 5.74) is 0.827. The highest BCUT2D eigenvalue weighted by atomic mass is 127. The molecule has 2 heterocycles. The Morgan fingerprint density at radius 2 is 1.96 bits per heavy atom. The van der Waals surface area contributed by atoms with Crippen molar-refractivity contribution in [3.8, 4) is 0 Å². The molecule has 132 valence electrons. The van der Waals surface area contributed by atoms with E-state index in [0.29, 0.717) is 23.5 Å². The minimum Gasteiger partial charge on any atom is -0.377 e. The van der Waals surface area contributed by atoms with Gasteiger partial charge >= 0.3 is 0 Å². The molecule has 0 aromatic carbocycles. The minimum absolute atomic E-state index is 0. The quantitative estimate of drug-likeness (QED) is 0.392. The van der Waals surface area contributed by atoms with E-state index in [1.165, 1.54) is 51.6 Å². The lowest BCUT2D eigenvalue weighted by Gasteiger charge is -2.55. The summed E-state index contributed by atoms with van der Waals surface area (Å²) in [4.78, 5) is 7.14. The Kier molecular flexibility index (Phi) is 4.91. The van der Waals surface area contributed by atoms with E-state index in [9.17, 15) is 0 Å². The second-order valence-corrected chi connectivity index (χ2v) is 8.61. The number of guanidine groups is 1. The first-order chi connectivity index (χ1) is 10.6. The van der Waals surface area contributed by atoms with E-state index in [0.717, 1.165) is 12.6 Å². The van der Waals surface area contributed by atoms with E-state index >= 15 is 0 Å². The number of hydrogen-bond donors (Lipinski definition) is 1. The Hall–Kier alpha value is -0.0400. The van der Waals surface area contributed by atoms with Gasteiger partial charge in [-0.3, -0.25) is 4.99 Å². The van der Waals surface area contributed by atoms with Gasteiger partial charge in [0.25, 0.3) is 0 Å². The third-order valence-corrected chi connectivity index (χ3v) is 7.00. The van der Waals surface area contributed by atoms with Gasteiger partial charge in [0.15, 0.2) is 5.96 Å². The Balaban J connectivity index is 0.00000156. The monoisotopic (exact) mass is 433 g/mol.